The van der Waals surface area contributed by atoms with Crippen LogP contribution in [0.1, 0.15) is 57.4 Å². The van der Waals surface area contributed by atoms with Gasteiger partial charge >= 0.3 is 0 Å². The van der Waals surface area contributed by atoms with Crippen LogP contribution >= 0.6 is 0 Å². The smallest absolute Gasteiger partial charge is 0.229 e. The molecular formula is C29H39N3O. The van der Waals surface area contributed by atoms with Gasteiger partial charge < -0.3 is 14.4 Å². The Morgan fingerprint density at radius 3 is 2.52 bits per heavy atom. The number of fused-ring (bicyclic) bond motifs is 1. The number of amides is 1. The number of aryl methyl sites for hydroxylation is 1. The standard InChI is InChI=1S/C29H39N3O/c1-23(2)29(33)30(3)27-12-9-11-26(22-27)24-14-19-31(20-15-24)17-7-4-8-18-32-21-16-25-10-5-6-13-28(25)32/h5-6,9-13,16,21-24H,4,7-8,14-15,17-20H2,1-3H3. The number of likely N-dealkylation sites (tertiary alicyclic amines) is 1. The minimum absolute atomic E-state index is 0.0181. The van der Waals surface area contributed by atoms with Gasteiger partial charge in [-0.25, -0.2) is 0 Å². The van der Waals surface area contributed by atoms with Crippen LogP contribution in [0.5, 0.6) is 0 Å². The zero-order valence-electron chi connectivity index (χ0n) is 20.5. The molecular weight excluding hydrogens is 406 g/mol. The van der Waals surface area contributed by atoms with E-state index in [4.69, 9.17) is 0 Å². The second-order valence-electron chi connectivity index (χ2n) is 9.89. The van der Waals surface area contributed by atoms with Gasteiger partial charge in [-0.1, -0.05) is 50.6 Å². The SMILES string of the molecule is CC(C)C(=O)N(C)c1cccc(C2CCN(CCCCCn3ccc4ccccc43)CC2)c1. The average molecular weight is 446 g/mol. The van der Waals surface area contributed by atoms with Crippen molar-refractivity contribution in [2.75, 3.05) is 31.6 Å². The zero-order valence-corrected chi connectivity index (χ0v) is 20.5. The average Bonchev–Trinajstić information content (AvgIpc) is 3.26. The molecule has 0 radical (unpaired) electrons. The van der Waals surface area contributed by atoms with Crippen LogP contribution in [0.4, 0.5) is 5.69 Å². The minimum atomic E-state index is 0.0181. The first-order chi connectivity index (χ1) is 16.0. The van der Waals surface area contributed by atoms with Gasteiger partial charge in [-0.3, -0.25) is 4.79 Å². The summed E-state index contributed by atoms with van der Waals surface area (Å²) in [7, 11) is 1.89. The fourth-order valence-electron chi connectivity index (χ4n) is 5.12. The molecule has 4 heteroatoms. The summed E-state index contributed by atoms with van der Waals surface area (Å²) in [6.07, 6.45) is 8.44. The van der Waals surface area contributed by atoms with Gasteiger partial charge in [0.25, 0.3) is 0 Å². The lowest BCUT2D eigenvalue weighted by molar-refractivity contribution is -0.121. The Morgan fingerprint density at radius 2 is 1.73 bits per heavy atom. The molecule has 0 atom stereocenters. The van der Waals surface area contributed by atoms with E-state index in [2.05, 4.69) is 70.3 Å². The topological polar surface area (TPSA) is 28.5 Å². The molecule has 1 amide bonds. The summed E-state index contributed by atoms with van der Waals surface area (Å²) in [6.45, 7) is 8.60. The number of nitrogens with zero attached hydrogens (tertiary/aromatic N) is 3. The number of piperidine rings is 1. The molecule has 1 saturated heterocycles. The van der Waals surface area contributed by atoms with E-state index in [0.717, 1.165) is 12.2 Å². The van der Waals surface area contributed by atoms with Crippen LogP contribution < -0.4 is 4.90 Å². The van der Waals surface area contributed by atoms with Gasteiger partial charge in [0.05, 0.1) is 0 Å². The lowest BCUT2D eigenvalue weighted by Gasteiger charge is -2.32. The second-order valence-corrected chi connectivity index (χ2v) is 9.89. The molecule has 1 fully saturated rings. The molecule has 2 heterocycles. The van der Waals surface area contributed by atoms with Crippen molar-refractivity contribution in [3.63, 3.8) is 0 Å². The van der Waals surface area contributed by atoms with Crippen LogP contribution in [0.3, 0.4) is 0 Å². The first-order valence-electron chi connectivity index (χ1n) is 12.7. The number of hydrogen-bond donors (Lipinski definition) is 0. The predicted molar refractivity (Wildman–Crippen MR) is 139 cm³/mol. The number of benzene rings is 2. The number of rotatable bonds is 9. The van der Waals surface area contributed by atoms with Crippen LogP contribution in [0, 0.1) is 5.92 Å². The maximum atomic E-state index is 12.4. The molecule has 176 valence electrons. The summed E-state index contributed by atoms with van der Waals surface area (Å²) in [5, 5.41) is 1.34. The highest BCUT2D eigenvalue weighted by Crippen LogP contribution is 2.30. The van der Waals surface area contributed by atoms with Crippen molar-refractivity contribution >= 4 is 22.5 Å². The van der Waals surface area contributed by atoms with Crippen molar-refractivity contribution in [3.8, 4) is 0 Å². The van der Waals surface area contributed by atoms with Crippen molar-refractivity contribution < 1.29 is 4.79 Å². The van der Waals surface area contributed by atoms with Crippen LogP contribution in [-0.4, -0.2) is 42.1 Å². The minimum Gasteiger partial charge on any atom is -0.347 e. The molecule has 4 rings (SSSR count). The number of anilines is 1. The van der Waals surface area contributed by atoms with Gasteiger partial charge in [0.2, 0.25) is 5.91 Å². The molecule has 0 aliphatic carbocycles. The largest absolute Gasteiger partial charge is 0.347 e. The summed E-state index contributed by atoms with van der Waals surface area (Å²) in [5.74, 6) is 0.794. The van der Waals surface area contributed by atoms with Crippen molar-refractivity contribution in [2.45, 2.75) is 58.4 Å². The third-order valence-corrected chi connectivity index (χ3v) is 7.19. The number of carbonyl (C=O) groups excluding carboxylic acids is 1. The third kappa shape index (κ3) is 5.86. The number of aromatic nitrogens is 1. The van der Waals surface area contributed by atoms with Gasteiger partial charge in [0.1, 0.15) is 0 Å². The van der Waals surface area contributed by atoms with E-state index >= 15 is 0 Å². The van der Waals surface area contributed by atoms with Crippen LogP contribution in [0.15, 0.2) is 60.8 Å². The molecule has 1 aliphatic heterocycles. The number of hydrogen-bond acceptors (Lipinski definition) is 2. The Kier molecular flexibility index (Phi) is 7.87. The first-order valence-corrected chi connectivity index (χ1v) is 12.7. The fraction of sp³-hybridized carbons (Fsp3) is 0.483. The molecule has 33 heavy (non-hydrogen) atoms. The van der Waals surface area contributed by atoms with Gasteiger partial charge in [-0.15, -0.1) is 0 Å². The number of para-hydroxylation sites is 1. The van der Waals surface area contributed by atoms with E-state index in [1.807, 2.05) is 20.9 Å². The quantitative estimate of drug-likeness (QED) is 0.361. The van der Waals surface area contributed by atoms with Gasteiger partial charge in [0.15, 0.2) is 0 Å². The molecule has 0 spiro atoms. The molecule has 3 aromatic rings. The van der Waals surface area contributed by atoms with Crippen molar-refractivity contribution in [3.05, 3.63) is 66.4 Å². The Balaban J connectivity index is 1.19. The van der Waals surface area contributed by atoms with E-state index in [-0.39, 0.29) is 11.8 Å². The fourth-order valence-corrected chi connectivity index (χ4v) is 5.12. The first kappa shape index (κ1) is 23.6. The van der Waals surface area contributed by atoms with Gasteiger partial charge in [0, 0.05) is 36.9 Å². The maximum absolute atomic E-state index is 12.4. The molecule has 2 aromatic carbocycles. The molecule has 1 aromatic heterocycles. The zero-order chi connectivity index (χ0) is 23.2. The summed E-state index contributed by atoms with van der Waals surface area (Å²) >= 11 is 0. The van der Waals surface area contributed by atoms with Gasteiger partial charge in [-0.2, -0.15) is 0 Å². The van der Waals surface area contributed by atoms with E-state index in [1.165, 1.54) is 68.2 Å². The second kappa shape index (κ2) is 11.0. The van der Waals surface area contributed by atoms with E-state index in [0.29, 0.717) is 5.92 Å². The van der Waals surface area contributed by atoms with Crippen LogP contribution in [0.2, 0.25) is 0 Å². The Morgan fingerprint density at radius 1 is 0.970 bits per heavy atom. The molecule has 4 nitrogen and oxygen atoms in total. The van der Waals surface area contributed by atoms with E-state index in [1.54, 1.807) is 4.90 Å². The lowest BCUT2D eigenvalue weighted by Crippen LogP contribution is -2.34. The van der Waals surface area contributed by atoms with Crippen LogP contribution in [0.25, 0.3) is 10.9 Å². The molecule has 1 aliphatic rings. The molecule has 0 N–H and O–H groups in total. The molecule has 0 unspecified atom stereocenters. The number of unbranched alkanes of at least 4 members (excludes halogenated alkanes) is 2. The molecule has 0 saturated carbocycles. The summed E-state index contributed by atoms with van der Waals surface area (Å²) in [5.41, 5.74) is 3.75. The summed E-state index contributed by atoms with van der Waals surface area (Å²) < 4.78 is 2.39. The van der Waals surface area contributed by atoms with E-state index < -0.39 is 0 Å². The highest BCUT2D eigenvalue weighted by atomic mass is 16.2. The highest BCUT2D eigenvalue weighted by molar-refractivity contribution is 5.94. The monoisotopic (exact) mass is 445 g/mol. The Labute approximate surface area is 199 Å². The number of carbonyl (C=O) groups is 1. The summed E-state index contributed by atoms with van der Waals surface area (Å²) in [4.78, 5) is 16.8. The lowest BCUT2D eigenvalue weighted by atomic mass is 9.89. The normalized spacial score (nSPS) is 15.4. The van der Waals surface area contributed by atoms with Gasteiger partial charge in [-0.05, 0) is 86.5 Å². The van der Waals surface area contributed by atoms with Crippen molar-refractivity contribution in [1.29, 1.82) is 0 Å². The summed E-state index contributed by atoms with van der Waals surface area (Å²) in [6, 6.07) is 19.5. The van der Waals surface area contributed by atoms with Crippen LogP contribution in [-0.2, 0) is 11.3 Å². The van der Waals surface area contributed by atoms with Crippen molar-refractivity contribution in [2.24, 2.45) is 5.92 Å². The Hall–Kier alpha value is -2.59. The molecule has 0 bridgehead atoms. The van der Waals surface area contributed by atoms with Crippen molar-refractivity contribution in [1.82, 2.24) is 9.47 Å². The highest BCUT2D eigenvalue weighted by Gasteiger charge is 2.21. The third-order valence-electron chi connectivity index (χ3n) is 7.19. The maximum Gasteiger partial charge on any atom is 0.229 e. The Bertz CT molecular complexity index is 1050. The predicted octanol–water partition coefficient (Wildman–Crippen LogP) is 6.31. The van der Waals surface area contributed by atoms with E-state index in [9.17, 15) is 4.79 Å².